The van der Waals surface area contributed by atoms with Crippen molar-refractivity contribution >= 4 is 34.1 Å². The Labute approximate surface area is 219 Å². The number of nitrogens with one attached hydrogen (secondary N) is 2. The third-order valence-electron chi connectivity index (χ3n) is 9.08. The Bertz CT molecular complexity index is 1350. The van der Waals surface area contributed by atoms with Crippen LogP contribution in [-0.4, -0.2) is 64.5 Å². The predicted molar refractivity (Wildman–Crippen MR) is 145 cm³/mol. The molecule has 2 aromatic rings. The molecule has 1 aromatic heterocycles. The van der Waals surface area contributed by atoms with E-state index in [9.17, 15) is 9.47 Å². The van der Waals surface area contributed by atoms with Crippen molar-refractivity contribution in [1.29, 1.82) is 5.26 Å². The molecule has 0 bridgehead atoms. The molecule has 2 saturated heterocycles. The summed E-state index contributed by atoms with van der Waals surface area (Å²) in [5.74, 6) is 3.76. The highest BCUT2D eigenvalue weighted by Crippen LogP contribution is 2.41. The molecular weight excluding hydrogens is 484 g/mol. The van der Waals surface area contributed by atoms with Gasteiger partial charge in [0.2, 0.25) is 5.95 Å². The lowest BCUT2D eigenvalue weighted by Gasteiger charge is -2.43. The lowest BCUT2D eigenvalue weighted by atomic mass is 9.75. The van der Waals surface area contributed by atoms with E-state index in [-0.39, 0.29) is 0 Å². The van der Waals surface area contributed by atoms with Gasteiger partial charge >= 0.3 is 0 Å². The molecule has 3 atom stereocenters. The Morgan fingerprint density at radius 3 is 2.49 bits per heavy atom. The van der Waals surface area contributed by atoms with Crippen LogP contribution in [-0.2, 0) is 30.1 Å². The van der Waals surface area contributed by atoms with Crippen molar-refractivity contribution < 1.29 is 4.21 Å². The number of aromatic nitrogens is 2. The molecule has 1 saturated carbocycles. The van der Waals surface area contributed by atoms with Gasteiger partial charge in [-0.1, -0.05) is 6.07 Å². The van der Waals surface area contributed by atoms with Crippen molar-refractivity contribution in [2.24, 2.45) is 16.8 Å². The van der Waals surface area contributed by atoms with Crippen LogP contribution in [0.1, 0.15) is 36.1 Å². The summed E-state index contributed by atoms with van der Waals surface area (Å²) >= 11 is 0. The average molecular weight is 517 g/mol. The Balaban J connectivity index is 1.13. The first-order valence-corrected chi connectivity index (χ1v) is 14.7. The third-order valence-corrected chi connectivity index (χ3v) is 10.5. The first-order valence-electron chi connectivity index (χ1n) is 13.4. The Morgan fingerprint density at radius 2 is 1.86 bits per heavy atom. The molecule has 2 N–H and O–H groups in total. The molecule has 2 aliphatic carbocycles. The van der Waals surface area contributed by atoms with E-state index >= 15 is 0 Å². The second-order valence-corrected chi connectivity index (χ2v) is 12.6. The highest BCUT2D eigenvalue weighted by Gasteiger charge is 2.45. The lowest BCUT2D eigenvalue weighted by molar-refractivity contribution is 0.365. The zero-order valence-electron chi connectivity index (χ0n) is 21.2. The second-order valence-electron chi connectivity index (χ2n) is 11.1. The first kappa shape index (κ1) is 23.0. The fourth-order valence-corrected chi connectivity index (χ4v) is 8.08. The van der Waals surface area contributed by atoms with E-state index < -0.39 is 16.3 Å². The zero-order valence-corrected chi connectivity index (χ0v) is 22.0. The molecule has 9 nitrogen and oxygen atoms in total. The molecule has 7 rings (SSSR count). The van der Waals surface area contributed by atoms with Crippen LogP contribution in [0.3, 0.4) is 0 Å². The van der Waals surface area contributed by atoms with Gasteiger partial charge in [-0.05, 0) is 55.4 Å². The predicted octanol–water partition coefficient (Wildman–Crippen LogP) is 2.25. The van der Waals surface area contributed by atoms with E-state index in [0.717, 1.165) is 62.0 Å². The molecule has 37 heavy (non-hydrogen) atoms. The lowest BCUT2D eigenvalue weighted by Crippen LogP contribution is -2.56. The number of rotatable bonds is 5. The quantitative estimate of drug-likeness (QED) is 0.270. The number of nitriles is 1. The number of aryl methyl sites for hydroxylation is 3. The highest BCUT2D eigenvalue weighted by molar-refractivity contribution is 7.85. The molecule has 0 radical (unpaired) electrons. The fourth-order valence-electron chi connectivity index (χ4n) is 6.78. The molecule has 1 aromatic carbocycles. The van der Waals surface area contributed by atoms with Crippen LogP contribution < -0.4 is 20.4 Å². The number of fused-ring (bicyclic) bond motifs is 3. The van der Waals surface area contributed by atoms with Crippen molar-refractivity contribution in [3.8, 4) is 6.19 Å². The number of hydrogen-bond donors (Lipinski definition) is 2. The van der Waals surface area contributed by atoms with E-state index in [0.29, 0.717) is 35.7 Å². The van der Waals surface area contributed by atoms with Crippen molar-refractivity contribution in [2.45, 2.75) is 49.0 Å². The van der Waals surface area contributed by atoms with Gasteiger partial charge < -0.3 is 15.1 Å². The number of benzene rings is 1. The van der Waals surface area contributed by atoms with Gasteiger partial charge in [-0.25, -0.2) is 4.98 Å². The van der Waals surface area contributed by atoms with Gasteiger partial charge in [-0.2, -0.15) is 10.2 Å². The van der Waals surface area contributed by atoms with Gasteiger partial charge in [0.05, 0.1) is 22.0 Å². The van der Waals surface area contributed by atoms with Gasteiger partial charge in [-0.15, -0.1) is 0 Å². The third kappa shape index (κ3) is 3.69. The maximum absolute atomic E-state index is 12.9. The molecule has 2 unspecified atom stereocenters. The van der Waals surface area contributed by atoms with Crippen LogP contribution in [0.25, 0.3) is 0 Å². The maximum atomic E-state index is 12.9. The standard InChI is InChI=1S/C27H32N8OS/c1-29-25(30-16-28)27(8-2-9-27)33-24-23-22(7-10-37(23)36)31-26(32-24)35-14-19-12-34(13-20(19)15-35)21-6-5-17-3-4-18(17)11-21/h5-6,11,19-20H,2-4,7-10,12-15H2,1H3,(H,29,30)(H,31,32,33)/t19?,20?,37-/m1/s1. The largest absolute Gasteiger partial charge is 0.371 e. The Morgan fingerprint density at radius 1 is 1.11 bits per heavy atom. The minimum atomic E-state index is -1.12. The molecule has 5 aliphatic rings. The van der Waals surface area contributed by atoms with Crippen molar-refractivity contribution in [1.82, 2.24) is 15.3 Å². The van der Waals surface area contributed by atoms with E-state index in [2.05, 4.69) is 43.6 Å². The van der Waals surface area contributed by atoms with Crippen LogP contribution in [0.15, 0.2) is 28.1 Å². The van der Waals surface area contributed by atoms with Crippen LogP contribution in [0, 0.1) is 23.3 Å². The van der Waals surface area contributed by atoms with E-state index in [1.54, 1.807) is 7.05 Å². The van der Waals surface area contributed by atoms with E-state index in [4.69, 9.17) is 9.97 Å². The molecule has 0 amide bonds. The topological polar surface area (TPSA) is 110 Å². The van der Waals surface area contributed by atoms with Gasteiger partial charge in [0, 0.05) is 62.9 Å². The summed E-state index contributed by atoms with van der Waals surface area (Å²) in [6.45, 7) is 4.02. The summed E-state index contributed by atoms with van der Waals surface area (Å²) in [6.07, 6.45) is 7.90. The summed E-state index contributed by atoms with van der Waals surface area (Å²) in [5.41, 5.74) is 4.82. The number of hydrogen-bond acceptors (Lipinski definition) is 8. The minimum absolute atomic E-state index is 0.477. The summed E-state index contributed by atoms with van der Waals surface area (Å²) in [4.78, 5) is 19.9. The number of amidine groups is 1. The fraction of sp³-hybridized carbons (Fsp3) is 0.556. The number of aliphatic imine (C=N–C) groups is 1. The van der Waals surface area contributed by atoms with Crippen molar-refractivity contribution in [2.75, 3.05) is 54.1 Å². The molecule has 4 heterocycles. The van der Waals surface area contributed by atoms with Crippen LogP contribution in [0.5, 0.6) is 0 Å². The van der Waals surface area contributed by atoms with E-state index in [1.807, 2.05) is 6.19 Å². The van der Waals surface area contributed by atoms with Gasteiger partial charge in [0.15, 0.2) is 6.19 Å². The summed E-state index contributed by atoms with van der Waals surface area (Å²) in [5, 5.41) is 15.6. The van der Waals surface area contributed by atoms with Crippen LogP contribution in [0.4, 0.5) is 17.5 Å². The molecule has 0 spiro atoms. The molecule has 192 valence electrons. The van der Waals surface area contributed by atoms with Crippen molar-refractivity contribution in [3.05, 3.63) is 35.0 Å². The summed E-state index contributed by atoms with van der Waals surface area (Å²) in [7, 11) is 0.579. The minimum Gasteiger partial charge on any atom is -0.371 e. The van der Waals surface area contributed by atoms with E-state index in [1.165, 1.54) is 29.7 Å². The van der Waals surface area contributed by atoms with Gasteiger partial charge in [-0.3, -0.25) is 14.5 Å². The van der Waals surface area contributed by atoms with Gasteiger partial charge in [0.1, 0.15) is 16.5 Å². The van der Waals surface area contributed by atoms with Gasteiger partial charge in [0.25, 0.3) is 0 Å². The number of anilines is 3. The van der Waals surface area contributed by atoms with Crippen LogP contribution >= 0.6 is 0 Å². The highest BCUT2D eigenvalue weighted by atomic mass is 32.2. The first-order chi connectivity index (χ1) is 18.1. The molecule has 3 aliphatic heterocycles. The molecular formula is C27H32N8OS. The van der Waals surface area contributed by atoms with Crippen LogP contribution in [0.2, 0.25) is 0 Å². The maximum Gasteiger partial charge on any atom is 0.227 e. The SMILES string of the molecule is CN=C(NC#N)C1(Nc2nc(N3CC4CN(c5ccc6c(c5)CC6)CC4C3)nc3c2[S@](=O)CC3)CCC1. The molecule has 3 fully saturated rings. The normalized spacial score (nSPS) is 27.0. The Kier molecular flexibility index (Phi) is 5.39. The van der Waals surface area contributed by atoms with Crippen molar-refractivity contribution in [3.63, 3.8) is 0 Å². The number of nitrogens with zero attached hydrogens (tertiary/aromatic N) is 6. The summed E-state index contributed by atoms with van der Waals surface area (Å²) < 4.78 is 12.9. The smallest absolute Gasteiger partial charge is 0.227 e. The zero-order chi connectivity index (χ0) is 25.1. The molecule has 10 heteroatoms. The Hall–Kier alpha value is -3.19. The second kappa shape index (κ2) is 8.69. The summed E-state index contributed by atoms with van der Waals surface area (Å²) in [6, 6.07) is 7.00. The monoisotopic (exact) mass is 516 g/mol. The average Bonchev–Trinajstić information content (AvgIpc) is 3.54.